The lowest BCUT2D eigenvalue weighted by molar-refractivity contribution is 0.198. The summed E-state index contributed by atoms with van der Waals surface area (Å²) in [5.41, 5.74) is 0. The van der Waals surface area contributed by atoms with Gasteiger partial charge in [-0.2, -0.15) is 0 Å². The summed E-state index contributed by atoms with van der Waals surface area (Å²) < 4.78 is 6.12. The minimum Gasteiger partial charge on any atom is -0.413 e. The highest BCUT2D eigenvalue weighted by atomic mass is 28.4. The van der Waals surface area contributed by atoms with Crippen molar-refractivity contribution in [3.63, 3.8) is 0 Å². The Bertz CT molecular complexity index is 151. The lowest BCUT2D eigenvalue weighted by Crippen LogP contribution is -2.45. The number of hydrogen-bond donors (Lipinski definition) is 1. The largest absolute Gasteiger partial charge is 0.413 e. The summed E-state index contributed by atoms with van der Waals surface area (Å²) in [5, 5.41) is 3.45. The molecule has 0 radical (unpaired) electrons. The Hall–Kier alpha value is 0.137. The molecule has 3 heteroatoms. The Balaban J connectivity index is 4.17. The van der Waals surface area contributed by atoms with Crippen LogP contribution in [-0.4, -0.2) is 28.0 Å². The van der Waals surface area contributed by atoms with Crippen LogP contribution in [-0.2, 0) is 4.43 Å². The lowest BCUT2D eigenvalue weighted by Gasteiger charge is -2.38. The Morgan fingerprint density at radius 3 is 2.08 bits per heavy atom. The monoisotopic (exact) mass is 203 g/mol. The van der Waals surface area contributed by atoms with Crippen molar-refractivity contribution in [3.8, 4) is 0 Å². The van der Waals surface area contributed by atoms with E-state index in [1.807, 2.05) is 7.05 Å². The number of likely N-dealkylation sites (N-methyl/N-ethyl adjacent to an activating group) is 1. The van der Waals surface area contributed by atoms with Crippen molar-refractivity contribution < 1.29 is 4.43 Å². The fourth-order valence-corrected chi connectivity index (χ4v) is 2.45. The summed E-state index contributed by atoms with van der Waals surface area (Å²) in [5.74, 6) is 0. The highest BCUT2D eigenvalue weighted by Gasteiger charge is 2.38. The van der Waals surface area contributed by atoms with E-state index >= 15 is 0 Å². The molecule has 2 nitrogen and oxygen atoms in total. The standard InChI is InChI=1S/C10H25NOSi/c1-9(8-11-5)12-13(6,7)10(2,3)4/h9,11H,8H2,1-7H3/t9-/m1/s1. The van der Waals surface area contributed by atoms with Crippen molar-refractivity contribution in [1.29, 1.82) is 0 Å². The Labute approximate surface area is 84.2 Å². The lowest BCUT2D eigenvalue weighted by atomic mass is 10.2. The molecular formula is C10H25NOSi. The summed E-state index contributed by atoms with van der Waals surface area (Å²) in [6.45, 7) is 14.5. The van der Waals surface area contributed by atoms with Gasteiger partial charge in [0, 0.05) is 6.54 Å². The smallest absolute Gasteiger partial charge is 0.192 e. The molecular weight excluding hydrogens is 178 g/mol. The zero-order chi connectivity index (χ0) is 10.7. The van der Waals surface area contributed by atoms with Gasteiger partial charge < -0.3 is 9.74 Å². The van der Waals surface area contributed by atoms with Crippen LogP contribution < -0.4 is 5.32 Å². The molecule has 0 aliphatic rings. The molecule has 13 heavy (non-hydrogen) atoms. The van der Waals surface area contributed by atoms with Crippen LogP contribution in [0.2, 0.25) is 18.1 Å². The van der Waals surface area contributed by atoms with Gasteiger partial charge in [0.25, 0.3) is 0 Å². The van der Waals surface area contributed by atoms with Gasteiger partial charge in [-0.25, -0.2) is 0 Å². The summed E-state index contributed by atoms with van der Waals surface area (Å²) in [7, 11) is 0.419. The highest BCUT2D eigenvalue weighted by Crippen LogP contribution is 2.37. The third kappa shape index (κ3) is 4.25. The molecule has 0 saturated carbocycles. The summed E-state index contributed by atoms with van der Waals surface area (Å²) in [6.07, 6.45) is 0.325. The maximum absolute atomic E-state index is 6.12. The second kappa shape index (κ2) is 4.58. The Kier molecular flexibility index (Phi) is 4.62. The number of nitrogens with one attached hydrogen (secondary N) is 1. The predicted octanol–water partition coefficient (Wildman–Crippen LogP) is 2.62. The maximum Gasteiger partial charge on any atom is 0.192 e. The minimum absolute atomic E-state index is 0.314. The van der Waals surface area contributed by atoms with Gasteiger partial charge in [-0.1, -0.05) is 20.8 Å². The molecule has 80 valence electrons. The van der Waals surface area contributed by atoms with Gasteiger partial charge in [-0.05, 0) is 32.1 Å². The van der Waals surface area contributed by atoms with Crippen molar-refractivity contribution in [2.75, 3.05) is 13.6 Å². The van der Waals surface area contributed by atoms with Crippen LogP contribution in [0.3, 0.4) is 0 Å². The van der Waals surface area contributed by atoms with Gasteiger partial charge >= 0.3 is 0 Å². The van der Waals surface area contributed by atoms with Gasteiger partial charge in [0.15, 0.2) is 8.32 Å². The molecule has 0 fully saturated rings. The van der Waals surface area contributed by atoms with E-state index in [-0.39, 0.29) is 0 Å². The van der Waals surface area contributed by atoms with Crippen molar-refractivity contribution in [2.24, 2.45) is 0 Å². The highest BCUT2D eigenvalue weighted by molar-refractivity contribution is 6.74. The molecule has 0 aromatic carbocycles. The van der Waals surface area contributed by atoms with E-state index in [0.29, 0.717) is 11.1 Å². The van der Waals surface area contributed by atoms with E-state index in [1.165, 1.54) is 0 Å². The normalized spacial score (nSPS) is 15.9. The molecule has 0 amide bonds. The van der Waals surface area contributed by atoms with E-state index in [2.05, 4.69) is 46.1 Å². The van der Waals surface area contributed by atoms with Crippen molar-refractivity contribution >= 4 is 8.32 Å². The molecule has 0 aliphatic carbocycles. The van der Waals surface area contributed by atoms with E-state index in [4.69, 9.17) is 4.43 Å². The van der Waals surface area contributed by atoms with Crippen LogP contribution in [0.1, 0.15) is 27.7 Å². The second-order valence-corrected chi connectivity index (χ2v) is 10.0. The van der Waals surface area contributed by atoms with Crippen molar-refractivity contribution in [2.45, 2.75) is 51.9 Å². The van der Waals surface area contributed by atoms with Gasteiger partial charge in [-0.15, -0.1) is 0 Å². The van der Waals surface area contributed by atoms with Gasteiger partial charge in [0.2, 0.25) is 0 Å². The zero-order valence-electron chi connectivity index (χ0n) is 10.2. The molecule has 0 aromatic rings. The van der Waals surface area contributed by atoms with Crippen LogP contribution in [0, 0.1) is 0 Å². The van der Waals surface area contributed by atoms with Gasteiger partial charge in [0.05, 0.1) is 6.10 Å². The fourth-order valence-electron chi connectivity index (χ4n) is 1.01. The summed E-state index contributed by atoms with van der Waals surface area (Å²) >= 11 is 0. The van der Waals surface area contributed by atoms with Crippen LogP contribution in [0.15, 0.2) is 0 Å². The number of hydrogen-bond acceptors (Lipinski definition) is 2. The van der Waals surface area contributed by atoms with Gasteiger partial charge in [0.1, 0.15) is 0 Å². The first-order chi connectivity index (χ1) is 5.70. The van der Waals surface area contributed by atoms with Crippen LogP contribution >= 0.6 is 0 Å². The second-order valence-electron chi connectivity index (χ2n) is 5.25. The summed E-state index contributed by atoms with van der Waals surface area (Å²) in [4.78, 5) is 0. The van der Waals surface area contributed by atoms with Crippen molar-refractivity contribution in [1.82, 2.24) is 5.32 Å². The van der Waals surface area contributed by atoms with E-state index < -0.39 is 8.32 Å². The number of rotatable bonds is 4. The first-order valence-electron chi connectivity index (χ1n) is 5.03. The molecule has 0 bridgehead atoms. The molecule has 0 unspecified atom stereocenters. The Morgan fingerprint density at radius 2 is 1.77 bits per heavy atom. The van der Waals surface area contributed by atoms with E-state index in [1.54, 1.807) is 0 Å². The first-order valence-corrected chi connectivity index (χ1v) is 7.94. The molecule has 0 rings (SSSR count). The molecule has 1 N–H and O–H groups in total. The molecule has 0 aromatic heterocycles. The SMILES string of the molecule is CNC[C@@H](C)O[Si](C)(C)C(C)(C)C. The maximum atomic E-state index is 6.12. The minimum atomic E-state index is -1.55. The predicted molar refractivity (Wildman–Crippen MR) is 61.7 cm³/mol. The zero-order valence-corrected chi connectivity index (χ0v) is 11.2. The van der Waals surface area contributed by atoms with Crippen molar-refractivity contribution in [3.05, 3.63) is 0 Å². The molecule has 0 heterocycles. The molecule has 0 aliphatic heterocycles. The third-order valence-corrected chi connectivity index (χ3v) is 7.40. The third-order valence-electron chi connectivity index (χ3n) is 2.79. The summed E-state index contributed by atoms with van der Waals surface area (Å²) in [6, 6.07) is 0. The topological polar surface area (TPSA) is 21.3 Å². The van der Waals surface area contributed by atoms with Gasteiger partial charge in [-0.3, -0.25) is 0 Å². The van der Waals surface area contributed by atoms with E-state index in [0.717, 1.165) is 6.54 Å². The molecule has 0 saturated heterocycles. The Morgan fingerprint density at radius 1 is 1.31 bits per heavy atom. The molecule has 1 atom stereocenters. The first kappa shape index (κ1) is 13.1. The average Bonchev–Trinajstić information content (AvgIpc) is 1.83. The van der Waals surface area contributed by atoms with Crippen LogP contribution in [0.25, 0.3) is 0 Å². The molecule has 0 spiro atoms. The van der Waals surface area contributed by atoms with E-state index in [9.17, 15) is 0 Å². The van der Waals surface area contributed by atoms with Crippen LogP contribution in [0.5, 0.6) is 0 Å². The quantitative estimate of drug-likeness (QED) is 0.709. The van der Waals surface area contributed by atoms with Crippen LogP contribution in [0.4, 0.5) is 0 Å². The average molecular weight is 203 g/mol. The fraction of sp³-hybridized carbons (Fsp3) is 1.00.